The molecule has 0 saturated heterocycles. The van der Waals surface area contributed by atoms with Crippen molar-refractivity contribution >= 4 is 12.6 Å². The molecule has 0 amide bonds. The first-order valence-electron chi connectivity index (χ1n) is 13.8. The highest BCUT2D eigenvalue weighted by Crippen LogP contribution is 2.44. The van der Waals surface area contributed by atoms with Gasteiger partial charge in [-0.05, 0) is 133 Å². The number of hydrogen-bond donors (Lipinski definition) is 1. The van der Waals surface area contributed by atoms with E-state index in [9.17, 15) is 0 Å². The Hall–Kier alpha value is -3.37. The predicted octanol–water partition coefficient (Wildman–Crippen LogP) is 10.5. The van der Waals surface area contributed by atoms with E-state index in [4.69, 9.17) is 26.8 Å². The van der Waals surface area contributed by atoms with Crippen LogP contribution >= 0.6 is 12.6 Å². The summed E-state index contributed by atoms with van der Waals surface area (Å²) in [5.74, 6) is 2.53. The van der Waals surface area contributed by atoms with Gasteiger partial charge in [0.2, 0.25) is 0 Å². The SMILES string of the molecule is CC(C)(C)Oc1ccc(-c2ccc(S)c(-c3ccc(OC(C)(C)C)cc3)c2-c2ccc(OC(C)(C)C)cc2)cc1. The molecule has 0 unspecified atom stereocenters. The van der Waals surface area contributed by atoms with Crippen LogP contribution in [-0.4, -0.2) is 16.8 Å². The fourth-order valence-electron chi connectivity index (χ4n) is 4.57. The molecule has 0 N–H and O–H groups in total. The molecular weight excluding hydrogens is 512 g/mol. The summed E-state index contributed by atoms with van der Waals surface area (Å²) in [5, 5.41) is 0. The molecule has 40 heavy (non-hydrogen) atoms. The van der Waals surface area contributed by atoms with Crippen molar-refractivity contribution in [2.75, 3.05) is 0 Å². The molecule has 3 nitrogen and oxygen atoms in total. The van der Waals surface area contributed by atoms with Crippen molar-refractivity contribution in [1.29, 1.82) is 0 Å². The monoisotopic (exact) mass is 554 g/mol. The summed E-state index contributed by atoms with van der Waals surface area (Å²) in [5.41, 5.74) is 5.79. The molecule has 0 spiro atoms. The van der Waals surface area contributed by atoms with Gasteiger partial charge in [0.25, 0.3) is 0 Å². The second-order valence-corrected chi connectivity index (χ2v) is 13.6. The summed E-state index contributed by atoms with van der Waals surface area (Å²) in [7, 11) is 0. The van der Waals surface area contributed by atoms with Gasteiger partial charge < -0.3 is 14.2 Å². The minimum atomic E-state index is -0.267. The summed E-state index contributed by atoms with van der Waals surface area (Å²) >= 11 is 4.95. The lowest BCUT2D eigenvalue weighted by Crippen LogP contribution is -2.22. The van der Waals surface area contributed by atoms with Crippen LogP contribution in [0.25, 0.3) is 33.4 Å². The van der Waals surface area contributed by atoms with E-state index in [1.54, 1.807) is 0 Å². The van der Waals surface area contributed by atoms with E-state index in [0.717, 1.165) is 55.5 Å². The topological polar surface area (TPSA) is 27.7 Å². The highest BCUT2D eigenvalue weighted by Gasteiger charge is 2.20. The number of hydrogen-bond acceptors (Lipinski definition) is 4. The van der Waals surface area contributed by atoms with Crippen LogP contribution in [0.3, 0.4) is 0 Å². The molecule has 4 aromatic carbocycles. The molecule has 0 aliphatic heterocycles. The second-order valence-electron chi connectivity index (χ2n) is 13.1. The number of benzene rings is 4. The minimum Gasteiger partial charge on any atom is -0.488 e. The fraction of sp³-hybridized carbons (Fsp3) is 0.333. The lowest BCUT2D eigenvalue weighted by molar-refractivity contribution is 0.130. The third-order valence-corrected chi connectivity index (χ3v) is 6.28. The van der Waals surface area contributed by atoms with Gasteiger partial charge >= 0.3 is 0 Å². The Kier molecular flexibility index (Phi) is 8.33. The van der Waals surface area contributed by atoms with Crippen molar-refractivity contribution in [2.45, 2.75) is 84.0 Å². The molecular formula is C36H42O3S. The van der Waals surface area contributed by atoms with Gasteiger partial charge in [-0.25, -0.2) is 0 Å². The maximum Gasteiger partial charge on any atom is 0.120 e. The number of thiol groups is 1. The second kappa shape index (κ2) is 11.2. The van der Waals surface area contributed by atoms with E-state index in [0.29, 0.717) is 0 Å². The van der Waals surface area contributed by atoms with Crippen molar-refractivity contribution in [2.24, 2.45) is 0 Å². The zero-order valence-corrected chi connectivity index (χ0v) is 26.1. The molecule has 0 heterocycles. The minimum absolute atomic E-state index is 0.257. The first-order valence-corrected chi connectivity index (χ1v) is 14.3. The van der Waals surface area contributed by atoms with E-state index in [1.165, 1.54) is 0 Å². The first kappa shape index (κ1) is 29.6. The van der Waals surface area contributed by atoms with E-state index >= 15 is 0 Å². The Morgan fingerprint density at radius 3 is 1.07 bits per heavy atom. The van der Waals surface area contributed by atoms with Crippen molar-refractivity contribution in [3.8, 4) is 50.6 Å². The van der Waals surface area contributed by atoms with Crippen LogP contribution in [0.2, 0.25) is 0 Å². The van der Waals surface area contributed by atoms with Crippen LogP contribution < -0.4 is 14.2 Å². The smallest absolute Gasteiger partial charge is 0.120 e. The zero-order chi connectivity index (χ0) is 29.3. The maximum atomic E-state index is 6.11. The zero-order valence-electron chi connectivity index (χ0n) is 25.3. The van der Waals surface area contributed by atoms with Crippen LogP contribution in [0.15, 0.2) is 89.8 Å². The van der Waals surface area contributed by atoms with Gasteiger partial charge in [0.1, 0.15) is 34.1 Å². The van der Waals surface area contributed by atoms with Gasteiger partial charge in [0, 0.05) is 10.5 Å². The van der Waals surface area contributed by atoms with Gasteiger partial charge in [-0.15, -0.1) is 12.6 Å². The standard InChI is InChI=1S/C36H42O3S/c1-34(2,3)37-27-16-10-24(11-17-27)30-22-23-31(40)33(26-14-20-29(21-15-26)39-36(7,8)9)32(30)25-12-18-28(19-13-25)38-35(4,5)6/h10-23,40H,1-9H3. The summed E-state index contributed by atoms with van der Waals surface area (Å²) in [6.45, 7) is 18.5. The average molecular weight is 555 g/mol. The lowest BCUT2D eigenvalue weighted by atomic mass is 9.87. The summed E-state index contributed by atoms with van der Waals surface area (Å²) in [4.78, 5) is 0.908. The Morgan fingerprint density at radius 1 is 0.400 bits per heavy atom. The fourth-order valence-corrected chi connectivity index (χ4v) is 4.88. The molecule has 0 radical (unpaired) electrons. The van der Waals surface area contributed by atoms with E-state index in [2.05, 4.69) is 111 Å². The molecule has 0 saturated carbocycles. The highest BCUT2D eigenvalue weighted by molar-refractivity contribution is 7.80. The molecule has 0 bridgehead atoms. The predicted molar refractivity (Wildman–Crippen MR) is 171 cm³/mol. The van der Waals surface area contributed by atoms with Crippen LogP contribution in [-0.2, 0) is 0 Å². The molecule has 0 atom stereocenters. The molecule has 4 rings (SSSR count). The number of rotatable bonds is 6. The largest absolute Gasteiger partial charge is 0.488 e. The Balaban J connectivity index is 1.86. The van der Waals surface area contributed by atoms with Gasteiger partial charge in [0.15, 0.2) is 0 Å². The van der Waals surface area contributed by atoms with Crippen molar-refractivity contribution < 1.29 is 14.2 Å². The first-order chi connectivity index (χ1) is 18.6. The Morgan fingerprint density at radius 2 is 0.725 bits per heavy atom. The van der Waals surface area contributed by atoms with Gasteiger partial charge in [-0.1, -0.05) is 42.5 Å². The van der Waals surface area contributed by atoms with Gasteiger partial charge in [-0.3, -0.25) is 0 Å². The summed E-state index contributed by atoms with van der Waals surface area (Å²) in [6, 6.07) is 29.2. The van der Waals surface area contributed by atoms with Gasteiger partial charge in [0.05, 0.1) is 0 Å². The highest BCUT2D eigenvalue weighted by atomic mass is 32.1. The molecule has 4 aromatic rings. The summed E-state index contributed by atoms with van der Waals surface area (Å²) in [6.07, 6.45) is 0. The van der Waals surface area contributed by atoms with Crippen LogP contribution in [0.1, 0.15) is 62.3 Å². The average Bonchev–Trinajstić information content (AvgIpc) is 2.83. The molecule has 0 aliphatic carbocycles. The summed E-state index contributed by atoms with van der Waals surface area (Å²) < 4.78 is 18.3. The molecule has 0 aromatic heterocycles. The molecule has 210 valence electrons. The van der Waals surface area contributed by atoms with Gasteiger partial charge in [-0.2, -0.15) is 0 Å². The number of ether oxygens (including phenoxy) is 3. The molecule has 0 fully saturated rings. The Labute approximate surface area is 245 Å². The van der Waals surface area contributed by atoms with Crippen LogP contribution in [0.5, 0.6) is 17.2 Å². The molecule has 0 aliphatic rings. The van der Waals surface area contributed by atoms with Crippen molar-refractivity contribution in [3.63, 3.8) is 0 Å². The normalized spacial score (nSPS) is 12.2. The van der Waals surface area contributed by atoms with Crippen molar-refractivity contribution in [1.82, 2.24) is 0 Å². The van der Waals surface area contributed by atoms with Crippen molar-refractivity contribution in [3.05, 3.63) is 84.9 Å². The third-order valence-electron chi connectivity index (χ3n) is 5.91. The Bertz CT molecular complexity index is 1430. The third kappa shape index (κ3) is 7.85. The van der Waals surface area contributed by atoms with Crippen LogP contribution in [0, 0.1) is 0 Å². The molecule has 4 heteroatoms. The van der Waals surface area contributed by atoms with E-state index in [-0.39, 0.29) is 16.8 Å². The van der Waals surface area contributed by atoms with E-state index in [1.807, 2.05) is 36.4 Å². The van der Waals surface area contributed by atoms with E-state index < -0.39 is 0 Å². The maximum absolute atomic E-state index is 6.11. The van der Waals surface area contributed by atoms with Crippen LogP contribution in [0.4, 0.5) is 0 Å². The quantitative estimate of drug-likeness (QED) is 0.240. The lowest BCUT2D eigenvalue weighted by Gasteiger charge is -2.23.